The van der Waals surface area contributed by atoms with Gasteiger partial charge in [0.2, 0.25) is 0 Å². The average Bonchev–Trinajstić information content (AvgIpc) is 2.18. The van der Waals surface area contributed by atoms with E-state index >= 15 is 0 Å². The van der Waals surface area contributed by atoms with Crippen LogP contribution in [0.15, 0.2) is 11.0 Å². The summed E-state index contributed by atoms with van der Waals surface area (Å²) in [6.45, 7) is 0.0357. The van der Waals surface area contributed by atoms with Gasteiger partial charge >= 0.3 is 0 Å². The van der Waals surface area contributed by atoms with Crippen LogP contribution in [-0.2, 0) is 7.05 Å². The minimum Gasteiger partial charge on any atom is -0.382 e. The number of hydrogen-bond donors (Lipinski definition) is 1. The summed E-state index contributed by atoms with van der Waals surface area (Å²) in [7, 11) is 1.51. The van der Waals surface area contributed by atoms with Gasteiger partial charge in [-0.2, -0.15) is 5.10 Å². The Morgan fingerprint density at radius 3 is 3.07 bits per heavy atom. The fourth-order valence-electron chi connectivity index (χ4n) is 0.924. The molecular weight excluding hydrogens is 209 g/mol. The minimum absolute atomic E-state index is 0.0846. The second-order valence-corrected chi connectivity index (χ2v) is 3.15. The molecule has 0 saturated carbocycles. The van der Waals surface area contributed by atoms with Crippen LogP contribution in [0.4, 0.5) is 10.1 Å². The van der Waals surface area contributed by atoms with Gasteiger partial charge in [0.05, 0.1) is 18.6 Å². The Balaban J connectivity index is 2.79. The number of aryl methyl sites for hydroxylation is 1. The van der Waals surface area contributed by atoms with Crippen molar-refractivity contribution >= 4 is 17.3 Å². The van der Waals surface area contributed by atoms with Crippen molar-refractivity contribution in [1.29, 1.82) is 0 Å². The molecule has 0 saturated heterocycles. The van der Waals surface area contributed by atoms with Crippen molar-refractivity contribution in [3.05, 3.63) is 21.6 Å². The highest BCUT2D eigenvalue weighted by Crippen LogP contribution is 2.14. The summed E-state index contributed by atoms with van der Waals surface area (Å²) < 4.78 is 12.9. The summed E-state index contributed by atoms with van der Waals surface area (Å²) >= 11 is 5.75. The van der Waals surface area contributed by atoms with Crippen LogP contribution in [-0.4, -0.2) is 23.0 Å². The molecule has 4 nitrogen and oxygen atoms in total. The van der Waals surface area contributed by atoms with E-state index < -0.39 is 6.67 Å². The molecule has 1 aromatic heterocycles. The molecule has 1 aromatic rings. The summed E-state index contributed by atoms with van der Waals surface area (Å²) in [4.78, 5) is 11.3. The molecule has 0 fully saturated rings. The van der Waals surface area contributed by atoms with E-state index in [0.717, 1.165) is 4.68 Å². The van der Waals surface area contributed by atoms with Crippen molar-refractivity contribution < 1.29 is 4.39 Å². The summed E-state index contributed by atoms with van der Waals surface area (Å²) in [5, 5.41) is 6.70. The molecule has 0 aliphatic rings. The van der Waals surface area contributed by atoms with E-state index in [9.17, 15) is 9.18 Å². The Morgan fingerprint density at radius 2 is 2.43 bits per heavy atom. The van der Waals surface area contributed by atoms with Gasteiger partial charge in [0, 0.05) is 13.6 Å². The van der Waals surface area contributed by atoms with Gasteiger partial charge in [0.25, 0.3) is 5.56 Å². The zero-order valence-corrected chi connectivity index (χ0v) is 8.51. The molecule has 0 aliphatic carbocycles. The van der Waals surface area contributed by atoms with Crippen LogP contribution in [0.1, 0.15) is 6.42 Å². The molecule has 6 heteroatoms. The molecular formula is C8H11ClFN3O. The quantitative estimate of drug-likeness (QED) is 0.775. The Kier molecular flexibility index (Phi) is 3.88. The van der Waals surface area contributed by atoms with Gasteiger partial charge in [-0.25, -0.2) is 4.68 Å². The number of anilines is 1. The molecule has 0 spiro atoms. The summed E-state index contributed by atoms with van der Waals surface area (Å²) in [5.41, 5.74) is 0.0835. The van der Waals surface area contributed by atoms with Crippen LogP contribution in [0.25, 0.3) is 0 Å². The van der Waals surface area contributed by atoms with Gasteiger partial charge in [-0.3, -0.25) is 9.18 Å². The van der Waals surface area contributed by atoms with Gasteiger partial charge in [-0.05, 0) is 6.42 Å². The summed E-state index contributed by atoms with van der Waals surface area (Å²) in [5.74, 6) is 0. The molecule has 1 rings (SSSR count). The number of nitrogens with one attached hydrogen (secondary N) is 1. The monoisotopic (exact) mass is 219 g/mol. The van der Waals surface area contributed by atoms with E-state index in [1.54, 1.807) is 0 Å². The largest absolute Gasteiger partial charge is 0.382 e. The first-order valence-electron chi connectivity index (χ1n) is 4.18. The van der Waals surface area contributed by atoms with Crippen LogP contribution < -0.4 is 10.9 Å². The Labute approximate surface area is 85.7 Å². The van der Waals surface area contributed by atoms with Crippen molar-refractivity contribution in [3.8, 4) is 0 Å². The molecule has 14 heavy (non-hydrogen) atoms. The third-order valence-corrected chi connectivity index (χ3v) is 2.07. The van der Waals surface area contributed by atoms with Crippen molar-refractivity contribution in [3.63, 3.8) is 0 Å². The molecule has 1 heterocycles. The number of aromatic nitrogens is 2. The lowest BCUT2D eigenvalue weighted by Gasteiger charge is -2.06. The van der Waals surface area contributed by atoms with E-state index in [1.165, 1.54) is 13.2 Å². The fraction of sp³-hybridized carbons (Fsp3) is 0.500. The Morgan fingerprint density at radius 1 is 1.71 bits per heavy atom. The lowest BCUT2D eigenvalue weighted by atomic mass is 10.4. The third kappa shape index (κ3) is 2.45. The first-order chi connectivity index (χ1) is 6.66. The van der Waals surface area contributed by atoms with Crippen LogP contribution >= 0.6 is 11.6 Å². The normalized spacial score (nSPS) is 10.2. The maximum absolute atomic E-state index is 11.8. The van der Waals surface area contributed by atoms with Gasteiger partial charge in [-0.15, -0.1) is 0 Å². The summed E-state index contributed by atoms with van der Waals surface area (Å²) in [6, 6.07) is 0. The SMILES string of the molecule is Cn1ncc(NCCCF)c(Cl)c1=O. The van der Waals surface area contributed by atoms with E-state index in [1.807, 2.05) is 0 Å². The summed E-state index contributed by atoms with van der Waals surface area (Å²) in [6.07, 6.45) is 1.83. The van der Waals surface area contributed by atoms with Gasteiger partial charge in [0.15, 0.2) is 0 Å². The molecule has 0 bridgehead atoms. The standard InChI is InChI=1S/C8H11ClFN3O/c1-13-8(14)7(9)6(5-12-13)11-4-2-3-10/h5,11H,2-4H2,1H3. The number of alkyl halides is 1. The average molecular weight is 220 g/mol. The van der Waals surface area contributed by atoms with Crippen molar-refractivity contribution in [2.24, 2.45) is 7.05 Å². The first kappa shape index (κ1) is 11.0. The fourth-order valence-corrected chi connectivity index (χ4v) is 1.16. The molecule has 1 N–H and O–H groups in total. The smallest absolute Gasteiger partial charge is 0.287 e. The predicted octanol–water partition coefficient (Wildman–Crippen LogP) is 1.21. The van der Waals surface area contributed by atoms with E-state index in [4.69, 9.17) is 11.6 Å². The molecule has 78 valence electrons. The topological polar surface area (TPSA) is 46.9 Å². The Hall–Kier alpha value is -1.10. The van der Waals surface area contributed by atoms with Gasteiger partial charge in [0.1, 0.15) is 5.02 Å². The molecule has 0 atom stereocenters. The second kappa shape index (κ2) is 4.95. The highest BCUT2D eigenvalue weighted by molar-refractivity contribution is 6.32. The van der Waals surface area contributed by atoms with Crippen LogP contribution in [0.2, 0.25) is 5.02 Å². The minimum atomic E-state index is -0.400. The number of nitrogens with zero attached hydrogens (tertiary/aromatic N) is 2. The highest BCUT2D eigenvalue weighted by atomic mass is 35.5. The van der Waals surface area contributed by atoms with Gasteiger partial charge in [-0.1, -0.05) is 11.6 Å². The molecule has 0 aliphatic heterocycles. The second-order valence-electron chi connectivity index (χ2n) is 2.77. The van der Waals surface area contributed by atoms with E-state index in [0.29, 0.717) is 18.7 Å². The van der Waals surface area contributed by atoms with Crippen LogP contribution in [0, 0.1) is 0 Å². The molecule has 0 aromatic carbocycles. The van der Waals surface area contributed by atoms with E-state index in [2.05, 4.69) is 10.4 Å². The predicted molar refractivity (Wildman–Crippen MR) is 53.6 cm³/mol. The zero-order valence-electron chi connectivity index (χ0n) is 7.76. The van der Waals surface area contributed by atoms with Crippen LogP contribution in [0.5, 0.6) is 0 Å². The zero-order chi connectivity index (χ0) is 10.6. The highest BCUT2D eigenvalue weighted by Gasteiger charge is 2.05. The lowest BCUT2D eigenvalue weighted by molar-refractivity contribution is 0.481. The number of hydrogen-bond acceptors (Lipinski definition) is 3. The van der Waals surface area contributed by atoms with Crippen molar-refractivity contribution in [2.45, 2.75) is 6.42 Å². The first-order valence-corrected chi connectivity index (χ1v) is 4.56. The molecule has 0 amide bonds. The van der Waals surface area contributed by atoms with Crippen LogP contribution in [0.3, 0.4) is 0 Å². The van der Waals surface area contributed by atoms with Gasteiger partial charge < -0.3 is 5.32 Å². The number of halogens is 2. The molecule has 0 unspecified atom stereocenters. The van der Waals surface area contributed by atoms with E-state index in [-0.39, 0.29) is 10.6 Å². The van der Waals surface area contributed by atoms with Crippen molar-refractivity contribution in [1.82, 2.24) is 9.78 Å². The molecule has 0 radical (unpaired) electrons. The lowest BCUT2D eigenvalue weighted by Crippen LogP contribution is -2.21. The van der Waals surface area contributed by atoms with Crippen molar-refractivity contribution in [2.75, 3.05) is 18.5 Å². The third-order valence-electron chi connectivity index (χ3n) is 1.70. The Bertz CT molecular complexity index is 366. The maximum Gasteiger partial charge on any atom is 0.287 e. The number of rotatable bonds is 4. The maximum atomic E-state index is 11.8.